The molecule has 1 saturated heterocycles. The minimum absolute atomic E-state index is 0.0185. The molecule has 0 aliphatic carbocycles. The van der Waals surface area contributed by atoms with Gasteiger partial charge in [-0.25, -0.2) is 0 Å². The number of anilines is 1. The van der Waals surface area contributed by atoms with Crippen LogP contribution in [0.1, 0.15) is 19.8 Å². The first-order valence-corrected chi connectivity index (χ1v) is 9.95. The summed E-state index contributed by atoms with van der Waals surface area (Å²) in [4.78, 5) is 18.9. The molecular formula is C19H22ClN7O2. The molecule has 0 radical (unpaired) electrons. The average Bonchev–Trinajstić information content (AvgIpc) is 3.23. The van der Waals surface area contributed by atoms with Gasteiger partial charge < -0.3 is 15.0 Å². The molecule has 0 spiro atoms. The van der Waals surface area contributed by atoms with Gasteiger partial charge in [0.25, 0.3) is 0 Å². The highest BCUT2D eigenvalue weighted by Gasteiger charge is 2.26. The number of hydrogen-bond donors (Lipinski definition) is 1. The topological polar surface area (TPSA) is 97.5 Å². The van der Waals surface area contributed by atoms with Crippen LogP contribution in [0.4, 0.5) is 5.82 Å². The molecule has 3 aromatic rings. The van der Waals surface area contributed by atoms with Crippen molar-refractivity contribution in [2.75, 3.05) is 24.5 Å². The molecule has 4 rings (SSSR count). The van der Waals surface area contributed by atoms with E-state index in [0.717, 1.165) is 37.5 Å². The number of halogens is 1. The lowest BCUT2D eigenvalue weighted by atomic mass is 9.96. The standard InChI is InChI=1S/C19H22ClN7O2/c1-13(29-16-4-2-15(20)3-5-16)10-22-19(28)14-6-8-26(9-7-14)18-12-21-11-17-23-24-25-27(17)18/h2-5,11-14H,6-10H2,1H3,(H,22,28)/t13-/m1/s1. The van der Waals surface area contributed by atoms with E-state index in [-0.39, 0.29) is 17.9 Å². The second-order valence-electron chi connectivity index (χ2n) is 7.10. The maximum atomic E-state index is 12.6. The lowest BCUT2D eigenvalue weighted by Gasteiger charge is -2.32. The third-order valence-electron chi connectivity index (χ3n) is 5.00. The van der Waals surface area contributed by atoms with Crippen LogP contribution < -0.4 is 15.0 Å². The van der Waals surface area contributed by atoms with Gasteiger partial charge in [-0.2, -0.15) is 4.52 Å². The van der Waals surface area contributed by atoms with E-state index in [2.05, 4.69) is 30.7 Å². The highest BCUT2D eigenvalue weighted by molar-refractivity contribution is 6.30. The van der Waals surface area contributed by atoms with Crippen molar-refractivity contribution in [1.29, 1.82) is 0 Å². The van der Waals surface area contributed by atoms with Crippen molar-refractivity contribution in [3.8, 4) is 5.75 Å². The van der Waals surface area contributed by atoms with E-state index in [9.17, 15) is 4.79 Å². The Kier molecular flexibility index (Phi) is 5.75. The largest absolute Gasteiger partial charge is 0.489 e. The molecule has 1 aliphatic rings. The van der Waals surface area contributed by atoms with Crippen LogP contribution in [0.2, 0.25) is 5.02 Å². The molecule has 0 saturated carbocycles. The van der Waals surface area contributed by atoms with Crippen LogP contribution >= 0.6 is 11.6 Å². The Labute approximate surface area is 173 Å². The number of piperidine rings is 1. The number of carbonyl (C=O) groups excluding carboxylic acids is 1. The van der Waals surface area contributed by atoms with Crippen molar-refractivity contribution in [3.05, 3.63) is 41.7 Å². The van der Waals surface area contributed by atoms with Gasteiger partial charge in [-0.1, -0.05) is 11.6 Å². The van der Waals surface area contributed by atoms with Gasteiger partial charge in [-0.05, 0) is 54.5 Å². The molecule has 0 bridgehead atoms. The predicted molar refractivity (Wildman–Crippen MR) is 108 cm³/mol. The third kappa shape index (κ3) is 4.56. The van der Waals surface area contributed by atoms with E-state index < -0.39 is 0 Å². The van der Waals surface area contributed by atoms with E-state index in [4.69, 9.17) is 16.3 Å². The zero-order chi connectivity index (χ0) is 20.2. The number of benzene rings is 1. The van der Waals surface area contributed by atoms with Gasteiger partial charge in [0.05, 0.1) is 18.9 Å². The normalized spacial score (nSPS) is 16.0. The van der Waals surface area contributed by atoms with Crippen molar-refractivity contribution in [2.45, 2.75) is 25.9 Å². The van der Waals surface area contributed by atoms with E-state index in [1.807, 2.05) is 19.1 Å². The number of amides is 1. The highest BCUT2D eigenvalue weighted by Crippen LogP contribution is 2.23. The molecular weight excluding hydrogens is 394 g/mol. The van der Waals surface area contributed by atoms with E-state index in [1.165, 1.54) is 0 Å². The summed E-state index contributed by atoms with van der Waals surface area (Å²) in [5, 5.41) is 15.3. The van der Waals surface area contributed by atoms with Gasteiger partial charge in [-0.15, -0.1) is 5.10 Å². The summed E-state index contributed by atoms with van der Waals surface area (Å²) in [6.45, 7) is 3.87. The number of rotatable bonds is 6. The number of aromatic nitrogens is 5. The van der Waals surface area contributed by atoms with Gasteiger partial charge in [0, 0.05) is 24.0 Å². The number of carbonyl (C=O) groups is 1. The Balaban J connectivity index is 1.26. The molecule has 2 aromatic heterocycles. The van der Waals surface area contributed by atoms with E-state index in [0.29, 0.717) is 17.2 Å². The second kappa shape index (κ2) is 8.60. The lowest BCUT2D eigenvalue weighted by molar-refractivity contribution is -0.125. The number of nitrogens with zero attached hydrogens (tertiary/aromatic N) is 6. The predicted octanol–water partition coefficient (Wildman–Crippen LogP) is 1.97. The first-order valence-electron chi connectivity index (χ1n) is 9.57. The second-order valence-corrected chi connectivity index (χ2v) is 7.54. The van der Waals surface area contributed by atoms with Crippen LogP contribution in [0.5, 0.6) is 5.75 Å². The smallest absolute Gasteiger partial charge is 0.223 e. The Hall–Kier alpha value is -2.94. The maximum Gasteiger partial charge on any atom is 0.223 e. The summed E-state index contributed by atoms with van der Waals surface area (Å²) in [7, 11) is 0. The molecule has 9 nitrogen and oxygen atoms in total. The van der Waals surface area contributed by atoms with Crippen molar-refractivity contribution < 1.29 is 9.53 Å². The summed E-state index contributed by atoms with van der Waals surface area (Å²) in [5.74, 6) is 1.62. The quantitative estimate of drug-likeness (QED) is 0.657. The van der Waals surface area contributed by atoms with Gasteiger partial charge in [0.2, 0.25) is 5.91 Å². The van der Waals surface area contributed by atoms with Gasteiger partial charge >= 0.3 is 0 Å². The fraction of sp³-hybridized carbons (Fsp3) is 0.421. The molecule has 1 fully saturated rings. The van der Waals surface area contributed by atoms with Crippen molar-refractivity contribution in [2.24, 2.45) is 5.92 Å². The van der Waals surface area contributed by atoms with E-state index >= 15 is 0 Å². The Bertz CT molecular complexity index is 970. The molecule has 0 unspecified atom stereocenters. The minimum Gasteiger partial charge on any atom is -0.489 e. The molecule has 1 amide bonds. The number of hydrogen-bond acceptors (Lipinski definition) is 7. The Morgan fingerprint density at radius 1 is 1.28 bits per heavy atom. The highest BCUT2D eigenvalue weighted by atomic mass is 35.5. The number of tetrazole rings is 1. The number of nitrogens with one attached hydrogen (secondary N) is 1. The summed E-state index contributed by atoms with van der Waals surface area (Å²) in [6, 6.07) is 7.19. The van der Waals surface area contributed by atoms with Crippen LogP contribution in [0.15, 0.2) is 36.7 Å². The Morgan fingerprint density at radius 2 is 2.03 bits per heavy atom. The fourth-order valence-electron chi connectivity index (χ4n) is 3.43. The molecule has 1 atom stereocenters. The molecule has 29 heavy (non-hydrogen) atoms. The molecule has 1 N–H and O–H groups in total. The third-order valence-corrected chi connectivity index (χ3v) is 5.25. The van der Waals surface area contributed by atoms with Crippen LogP contribution in [-0.4, -0.2) is 56.7 Å². The fourth-order valence-corrected chi connectivity index (χ4v) is 3.55. The minimum atomic E-state index is -0.135. The zero-order valence-electron chi connectivity index (χ0n) is 16.0. The van der Waals surface area contributed by atoms with Gasteiger partial charge in [0.15, 0.2) is 11.5 Å². The SMILES string of the molecule is C[C@H](CNC(=O)C1CCN(c2cncc3nnnn23)CC1)Oc1ccc(Cl)cc1. The molecule has 152 valence electrons. The van der Waals surface area contributed by atoms with Gasteiger partial charge in [0.1, 0.15) is 11.9 Å². The molecule has 1 aliphatic heterocycles. The lowest BCUT2D eigenvalue weighted by Crippen LogP contribution is -2.43. The summed E-state index contributed by atoms with van der Waals surface area (Å²) < 4.78 is 7.47. The average molecular weight is 416 g/mol. The Morgan fingerprint density at radius 3 is 2.79 bits per heavy atom. The van der Waals surface area contributed by atoms with Crippen LogP contribution in [0, 0.1) is 5.92 Å². The monoisotopic (exact) mass is 415 g/mol. The summed E-state index contributed by atoms with van der Waals surface area (Å²) in [6.07, 6.45) is 4.76. The van der Waals surface area contributed by atoms with E-state index in [1.54, 1.807) is 29.0 Å². The van der Waals surface area contributed by atoms with Gasteiger partial charge in [-0.3, -0.25) is 9.78 Å². The van der Waals surface area contributed by atoms with Crippen molar-refractivity contribution >= 4 is 29.0 Å². The molecule has 1 aromatic carbocycles. The zero-order valence-corrected chi connectivity index (χ0v) is 16.8. The number of fused-ring (bicyclic) bond motifs is 1. The summed E-state index contributed by atoms with van der Waals surface area (Å²) in [5.41, 5.74) is 0.608. The molecule has 10 heteroatoms. The van der Waals surface area contributed by atoms with Crippen LogP contribution in [0.25, 0.3) is 5.65 Å². The summed E-state index contributed by atoms with van der Waals surface area (Å²) >= 11 is 5.88. The van der Waals surface area contributed by atoms with Crippen molar-refractivity contribution in [1.82, 2.24) is 30.3 Å². The van der Waals surface area contributed by atoms with Crippen molar-refractivity contribution in [3.63, 3.8) is 0 Å². The first kappa shape index (κ1) is 19.4. The van der Waals surface area contributed by atoms with Crippen LogP contribution in [0.3, 0.4) is 0 Å². The maximum absolute atomic E-state index is 12.6. The van der Waals surface area contributed by atoms with Crippen LogP contribution in [-0.2, 0) is 4.79 Å². The molecule has 3 heterocycles. The first-order chi connectivity index (χ1) is 14.1. The number of ether oxygens (including phenoxy) is 1.